The normalized spacial score (nSPS) is 17.0. The molecule has 0 saturated heterocycles. The van der Waals surface area contributed by atoms with Crippen molar-refractivity contribution < 1.29 is 19.4 Å². The van der Waals surface area contributed by atoms with E-state index in [4.69, 9.17) is 10.6 Å². The smallest absolute Gasteiger partial charge is 0.280 e. The second-order valence-corrected chi connectivity index (χ2v) is 1.43. The molecule has 1 aromatic heterocycles. The Hall–Kier alpha value is -1.19. The second-order valence-electron chi connectivity index (χ2n) is 1.43. The van der Waals surface area contributed by atoms with E-state index in [9.17, 15) is 8.78 Å². The van der Waals surface area contributed by atoms with Crippen molar-refractivity contribution in [1.82, 2.24) is 4.98 Å². The summed E-state index contributed by atoms with van der Waals surface area (Å²) in [5, 5.41) is 8.98. The number of halogens is 2. The Balaban J connectivity index is 3.49. The lowest BCUT2D eigenvalue weighted by atomic mass is 10.3. The average Bonchev–Trinajstić information content (AvgIpc) is 2.06. The van der Waals surface area contributed by atoms with Crippen LogP contribution in [-0.2, 0) is 0 Å². The Morgan fingerprint density at radius 3 is 3.10 bits per heavy atom. The summed E-state index contributed by atoms with van der Waals surface area (Å²) >= 11 is 0. The molecule has 0 radical (unpaired) electrons. The lowest BCUT2D eigenvalue weighted by Gasteiger charge is -1.96. The molecule has 2 nitrogen and oxygen atoms in total. The number of alkyl halides is 2. The molecule has 0 unspecified atom stereocenters. The monoisotopic (exact) mass is 149 g/mol. The SMILES string of the molecule is [2H]c1nc(C([2H])(F)F)c([2H])c(O)c1[2H]. The number of rotatable bonds is 1. The van der Waals surface area contributed by atoms with Gasteiger partial charge in [-0.25, -0.2) is 8.78 Å². The van der Waals surface area contributed by atoms with Crippen LogP contribution >= 0.6 is 0 Å². The fourth-order valence-corrected chi connectivity index (χ4v) is 0.398. The molecule has 0 fully saturated rings. The molecular formula is C6H5F2NO. The summed E-state index contributed by atoms with van der Waals surface area (Å²) in [5.41, 5.74) is -1.32. The molecular weight excluding hydrogens is 140 g/mol. The summed E-state index contributed by atoms with van der Waals surface area (Å²) < 4.78 is 52.0. The van der Waals surface area contributed by atoms with Crippen molar-refractivity contribution in [3.8, 4) is 5.75 Å². The van der Waals surface area contributed by atoms with Gasteiger partial charge in [-0.15, -0.1) is 0 Å². The number of aromatic nitrogens is 1. The van der Waals surface area contributed by atoms with Gasteiger partial charge in [0.2, 0.25) is 0 Å². The Labute approximate surface area is 61.8 Å². The van der Waals surface area contributed by atoms with Gasteiger partial charge in [0.15, 0.2) is 0 Å². The molecule has 1 N–H and O–H groups in total. The van der Waals surface area contributed by atoms with Crippen molar-refractivity contribution in [1.29, 1.82) is 0 Å². The van der Waals surface area contributed by atoms with Crippen molar-refractivity contribution in [2.75, 3.05) is 0 Å². The predicted octanol–water partition coefficient (Wildman–Crippen LogP) is 1.72. The van der Waals surface area contributed by atoms with Crippen LogP contribution in [0.3, 0.4) is 0 Å². The van der Waals surface area contributed by atoms with Crippen molar-refractivity contribution >= 4 is 0 Å². The van der Waals surface area contributed by atoms with Crippen LogP contribution in [0.4, 0.5) is 8.78 Å². The molecule has 0 bridgehead atoms. The first-order valence-corrected chi connectivity index (χ1v) is 2.30. The highest BCUT2D eigenvalue weighted by atomic mass is 19.3. The molecule has 4 heteroatoms. The molecule has 0 atom stereocenters. The minimum Gasteiger partial charge on any atom is -0.508 e. The van der Waals surface area contributed by atoms with Crippen LogP contribution < -0.4 is 0 Å². The molecule has 0 aromatic carbocycles. The van der Waals surface area contributed by atoms with E-state index in [1.54, 1.807) is 0 Å². The van der Waals surface area contributed by atoms with Crippen LogP contribution in [0.15, 0.2) is 18.3 Å². The molecule has 1 aromatic rings. The van der Waals surface area contributed by atoms with Gasteiger partial charge in [-0.1, -0.05) is 0 Å². The second kappa shape index (κ2) is 2.60. The van der Waals surface area contributed by atoms with Gasteiger partial charge in [-0.2, -0.15) is 0 Å². The Bertz CT molecular complexity index is 379. The molecule has 54 valence electrons. The maximum Gasteiger partial charge on any atom is 0.280 e. The quantitative estimate of drug-likeness (QED) is 0.659. The summed E-state index contributed by atoms with van der Waals surface area (Å²) in [6.45, 7) is 0. The number of nitrogens with zero attached hydrogens (tertiary/aromatic N) is 1. The molecule has 1 rings (SSSR count). The van der Waals surface area contributed by atoms with Gasteiger partial charge in [0.25, 0.3) is 6.40 Å². The van der Waals surface area contributed by atoms with Crippen LogP contribution in [0, 0.1) is 0 Å². The maximum atomic E-state index is 12.4. The highest BCUT2D eigenvalue weighted by Crippen LogP contribution is 2.18. The van der Waals surface area contributed by atoms with E-state index in [-0.39, 0.29) is 0 Å². The topological polar surface area (TPSA) is 33.1 Å². The molecule has 1 heterocycles. The lowest BCUT2D eigenvalue weighted by Crippen LogP contribution is -1.86. The van der Waals surface area contributed by atoms with Crippen molar-refractivity contribution in [2.24, 2.45) is 0 Å². The number of hydrogen-bond acceptors (Lipinski definition) is 2. The first-order chi connectivity index (χ1) is 6.25. The fraction of sp³-hybridized carbons (Fsp3) is 0.167. The van der Waals surface area contributed by atoms with Crippen molar-refractivity contribution in [3.05, 3.63) is 24.0 Å². The highest BCUT2D eigenvalue weighted by molar-refractivity contribution is 5.21. The molecule has 0 aliphatic rings. The summed E-state index contributed by atoms with van der Waals surface area (Å²) in [6.07, 6.45) is -5.04. The maximum absolute atomic E-state index is 12.4. The number of pyridine rings is 1. The largest absolute Gasteiger partial charge is 0.508 e. The van der Waals surface area contributed by atoms with E-state index in [2.05, 4.69) is 4.98 Å². The first kappa shape index (κ1) is 3.27. The Morgan fingerprint density at radius 2 is 2.50 bits per heavy atom. The lowest BCUT2D eigenvalue weighted by molar-refractivity contribution is 0.145. The van der Waals surface area contributed by atoms with Crippen LogP contribution in [-0.4, -0.2) is 10.1 Å². The summed E-state index contributed by atoms with van der Waals surface area (Å²) in [7, 11) is 0. The van der Waals surface area contributed by atoms with Crippen molar-refractivity contribution in [2.45, 2.75) is 6.40 Å². The zero-order valence-corrected chi connectivity index (χ0v) is 4.65. The fourth-order valence-electron chi connectivity index (χ4n) is 0.398. The predicted molar refractivity (Wildman–Crippen MR) is 30.9 cm³/mol. The minimum absolute atomic E-state index is 0.803. The van der Waals surface area contributed by atoms with E-state index < -0.39 is 36.1 Å². The van der Waals surface area contributed by atoms with Gasteiger partial charge >= 0.3 is 0 Å². The van der Waals surface area contributed by atoms with E-state index >= 15 is 0 Å². The molecule has 0 aliphatic carbocycles. The first-order valence-electron chi connectivity index (χ1n) is 4.30. The summed E-state index contributed by atoms with van der Waals surface area (Å²) in [6, 6.07) is -1.89. The molecule has 0 amide bonds. The minimum atomic E-state index is -4.15. The van der Waals surface area contributed by atoms with Crippen LogP contribution in [0.2, 0.25) is 0 Å². The van der Waals surface area contributed by atoms with Crippen LogP contribution in [0.5, 0.6) is 5.75 Å². The van der Waals surface area contributed by atoms with Gasteiger partial charge in [0.05, 0.1) is 4.11 Å². The molecule has 0 saturated carbocycles. The standard InChI is InChI=1S/C6H5F2NO/c7-6(8)5-3-4(10)1-2-9-5/h1-3,6H,(H,9,10)/i1D,2D,3D,6D. The van der Waals surface area contributed by atoms with Gasteiger partial charge in [0.1, 0.15) is 12.8 Å². The van der Waals surface area contributed by atoms with E-state index in [1.165, 1.54) is 0 Å². The highest BCUT2D eigenvalue weighted by Gasteiger charge is 2.07. The number of aromatic hydroxyl groups is 1. The zero-order chi connectivity index (χ0) is 11.1. The number of hydrogen-bond donors (Lipinski definition) is 1. The van der Waals surface area contributed by atoms with Gasteiger partial charge in [-0.3, -0.25) is 4.98 Å². The van der Waals surface area contributed by atoms with Crippen molar-refractivity contribution in [3.63, 3.8) is 0 Å². The van der Waals surface area contributed by atoms with E-state index in [1.807, 2.05) is 0 Å². The third-order valence-electron chi connectivity index (χ3n) is 0.758. The average molecular weight is 149 g/mol. The van der Waals surface area contributed by atoms with E-state index in [0.29, 0.717) is 0 Å². The summed E-state index contributed by atoms with van der Waals surface area (Å²) in [4.78, 5) is 2.90. The molecule has 0 aliphatic heterocycles. The van der Waals surface area contributed by atoms with Gasteiger partial charge in [-0.05, 0) is 6.04 Å². The van der Waals surface area contributed by atoms with E-state index in [0.717, 1.165) is 0 Å². The van der Waals surface area contributed by atoms with Crippen LogP contribution in [0.25, 0.3) is 0 Å². The molecule has 10 heavy (non-hydrogen) atoms. The molecule has 0 spiro atoms. The van der Waals surface area contributed by atoms with Crippen LogP contribution in [0.1, 0.15) is 17.6 Å². The third-order valence-corrected chi connectivity index (χ3v) is 0.758. The Kier molecular flexibility index (Phi) is 0.850. The Morgan fingerprint density at radius 1 is 1.80 bits per heavy atom. The summed E-state index contributed by atoms with van der Waals surface area (Å²) in [5.74, 6) is -1.06. The van der Waals surface area contributed by atoms with Gasteiger partial charge < -0.3 is 5.11 Å². The zero-order valence-electron chi connectivity index (χ0n) is 8.65. The third kappa shape index (κ3) is 1.40. The van der Waals surface area contributed by atoms with Gasteiger partial charge in [0, 0.05) is 12.2 Å².